The molecule has 28 heavy (non-hydrogen) atoms. The predicted molar refractivity (Wildman–Crippen MR) is 109 cm³/mol. The van der Waals surface area contributed by atoms with E-state index in [4.69, 9.17) is 9.47 Å². The highest BCUT2D eigenvalue weighted by Crippen LogP contribution is 2.45. The quantitative estimate of drug-likeness (QED) is 0.704. The van der Waals surface area contributed by atoms with Gasteiger partial charge in [0, 0.05) is 24.6 Å². The Bertz CT molecular complexity index is 975. The van der Waals surface area contributed by atoms with E-state index in [0.29, 0.717) is 19.4 Å². The number of fused-ring (bicyclic) bond motifs is 2. The van der Waals surface area contributed by atoms with Gasteiger partial charge in [0.05, 0.1) is 28.7 Å². The zero-order valence-electron chi connectivity index (χ0n) is 15.8. The Labute approximate surface area is 168 Å². The number of aliphatic hydroxyl groups is 1. The molecule has 3 heterocycles. The molecule has 144 valence electrons. The van der Waals surface area contributed by atoms with Crippen LogP contribution in [0.1, 0.15) is 41.5 Å². The van der Waals surface area contributed by atoms with E-state index in [1.165, 1.54) is 16.0 Å². The van der Waals surface area contributed by atoms with Crippen LogP contribution in [0.3, 0.4) is 0 Å². The molecule has 5 rings (SSSR count). The lowest BCUT2D eigenvalue weighted by molar-refractivity contribution is -0.295. The highest BCUT2D eigenvalue weighted by atomic mass is 32.1. The lowest BCUT2D eigenvalue weighted by Gasteiger charge is -2.39. The van der Waals surface area contributed by atoms with E-state index in [1.54, 1.807) is 11.3 Å². The van der Waals surface area contributed by atoms with Gasteiger partial charge >= 0.3 is 0 Å². The van der Waals surface area contributed by atoms with Gasteiger partial charge in [0.1, 0.15) is 0 Å². The van der Waals surface area contributed by atoms with Crippen molar-refractivity contribution >= 4 is 11.3 Å². The number of hydrogen-bond acceptors (Lipinski definition) is 5. The molecule has 0 amide bonds. The molecular weight excluding hydrogens is 370 g/mol. The van der Waals surface area contributed by atoms with E-state index >= 15 is 0 Å². The van der Waals surface area contributed by atoms with Crippen LogP contribution in [0.5, 0.6) is 0 Å². The van der Waals surface area contributed by atoms with E-state index < -0.39 is 11.9 Å². The summed E-state index contributed by atoms with van der Waals surface area (Å²) in [7, 11) is 0. The Morgan fingerprint density at radius 2 is 2.07 bits per heavy atom. The Balaban J connectivity index is 1.41. The second-order valence-electron chi connectivity index (χ2n) is 7.72. The Morgan fingerprint density at radius 3 is 2.89 bits per heavy atom. The Morgan fingerprint density at radius 1 is 1.21 bits per heavy atom. The van der Waals surface area contributed by atoms with Gasteiger partial charge < -0.3 is 14.6 Å². The van der Waals surface area contributed by atoms with Crippen LogP contribution in [0.15, 0.2) is 54.7 Å². The summed E-state index contributed by atoms with van der Waals surface area (Å²) in [6.45, 7) is 2.53. The van der Waals surface area contributed by atoms with Gasteiger partial charge in [-0.1, -0.05) is 42.5 Å². The van der Waals surface area contributed by atoms with Crippen LogP contribution in [0, 0.1) is 0 Å². The van der Waals surface area contributed by atoms with Crippen molar-refractivity contribution in [1.29, 1.82) is 0 Å². The van der Waals surface area contributed by atoms with Gasteiger partial charge in [0.15, 0.2) is 5.79 Å². The monoisotopic (exact) mass is 393 g/mol. The molecule has 1 spiro atoms. The van der Waals surface area contributed by atoms with Crippen molar-refractivity contribution in [2.24, 2.45) is 0 Å². The minimum atomic E-state index is -0.805. The summed E-state index contributed by atoms with van der Waals surface area (Å²) in [5.41, 5.74) is 4.60. The molecule has 4 nitrogen and oxygen atoms in total. The van der Waals surface area contributed by atoms with Crippen molar-refractivity contribution in [3.8, 4) is 10.4 Å². The number of nitrogens with zero attached hydrogens (tertiary/aromatic N) is 1. The van der Waals surface area contributed by atoms with E-state index in [2.05, 4.69) is 35.3 Å². The molecule has 0 aliphatic carbocycles. The van der Waals surface area contributed by atoms with Crippen LogP contribution in [0.2, 0.25) is 0 Å². The lowest BCUT2D eigenvalue weighted by atomic mass is 9.90. The molecule has 0 unspecified atom stereocenters. The van der Waals surface area contributed by atoms with Gasteiger partial charge in [-0.2, -0.15) is 0 Å². The van der Waals surface area contributed by atoms with E-state index in [9.17, 15) is 5.11 Å². The van der Waals surface area contributed by atoms with Crippen molar-refractivity contribution in [2.45, 2.75) is 50.8 Å². The summed E-state index contributed by atoms with van der Waals surface area (Å²) in [6, 6.07) is 16.8. The third kappa shape index (κ3) is 3.29. The summed E-state index contributed by atoms with van der Waals surface area (Å²) in [5.74, 6) is -0.805. The van der Waals surface area contributed by atoms with Gasteiger partial charge in [0.2, 0.25) is 0 Å². The van der Waals surface area contributed by atoms with Crippen molar-refractivity contribution in [3.05, 3.63) is 76.4 Å². The third-order valence-corrected chi connectivity index (χ3v) is 6.56. The molecule has 1 saturated heterocycles. The number of rotatable bonds is 3. The molecule has 3 atom stereocenters. The highest BCUT2D eigenvalue weighted by Gasteiger charge is 2.47. The molecule has 0 radical (unpaired) electrons. The first-order valence-electron chi connectivity index (χ1n) is 9.73. The number of aromatic nitrogens is 1. The number of ether oxygens (including phenoxy) is 2. The first-order valence-corrected chi connectivity index (χ1v) is 10.6. The lowest BCUT2D eigenvalue weighted by Crippen LogP contribution is -2.43. The summed E-state index contributed by atoms with van der Waals surface area (Å²) in [4.78, 5) is 5.81. The molecule has 5 heteroatoms. The maximum absolute atomic E-state index is 10.3. The summed E-state index contributed by atoms with van der Waals surface area (Å²) >= 11 is 1.73. The maximum atomic E-state index is 10.3. The van der Waals surface area contributed by atoms with Crippen molar-refractivity contribution in [2.75, 3.05) is 0 Å². The topological polar surface area (TPSA) is 51.6 Å². The van der Waals surface area contributed by atoms with Crippen molar-refractivity contribution in [3.63, 3.8) is 0 Å². The third-order valence-electron chi connectivity index (χ3n) is 5.51. The second kappa shape index (κ2) is 7.08. The average Bonchev–Trinajstić information content (AvgIpc) is 3.27. The molecule has 1 N–H and O–H groups in total. The van der Waals surface area contributed by atoms with Gasteiger partial charge in [-0.15, -0.1) is 11.3 Å². The first kappa shape index (κ1) is 18.0. The molecule has 0 saturated carbocycles. The van der Waals surface area contributed by atoms with Crippen LogP contribution >= 0.6 is 11.3 Å². The average molecular weight is 394 g/mol. The van der Waals surface area contributed by atoms with Crippen LogP contribution < -0.4 is 0 Å². The number of thiazole rings is 1. The summed E-state index contributed by atoms with van der Waals surface area (Å²) in [6.07, 6.45) is 3.45. The van der Waals surface area contributed by atoms with Crippen LogP contribution in [-0.2, 0) is 28.3 Å². The molecule has 2 aliphatic rings. The first-order chi connectivity index (χ1) is 13.6. The summed E-state index contributed by atoms with van der Waals surface area (Å²) < 4.78 is 12.3. The van der Waals surface area contributed by atoms with Crippen molar-refractivity contribution < 1.29 is 14.6 Å². The minimum Gasteiger partial charge on any atom is -0.393 e. The van der Waals surface area contributed by atoms with Gasteiger partial charge in [-0.25, -0.2) is 4.98 Å². The molecule has 0 bridgehead atoms. The number of benzene rings is 2. The fourth-order valence-electron chi connectivity index (χ4n) is 4.25. The van der Waals surface area contributed by atoms with Gasteiger partial charge in [0.25, 0.3) is 0 Å². The molecule has 1 aromatic heterocycles. The minimum absolute atomic E-state index is 0.0225. The highest BCUT2D eigenvalue weighted by molar-refractivity contribution is 7.15. The fourth-order valence-corrected chi connectivity index (χ4v) is 5.21. The Hall–Kier alpha value is -2.05. The van der Waals surface area contributed by atoms with E-state index in [1.807, 2.05) is 31.3 Å². The molecule has 2 aromatic carbocycles. The number of aliphatic hydroxyl groups excluding tert-OH is 1. The zero-order chi connectivity index (χ0) is 19.1. The molecule has 2 aliphatic heterocycles. The normalized spacial score (nSPS) is 26.5. The van der Waals surface area contributed by atoms with Crippen LogP contribution in [-0.4, -0.2) is 22.3 Å². The van der Waals surface area contributed by atoms with Crippen LogP contribution in [0.4, 0.5) is 0 Å². The van der Waals surface area contributed by atoms with Gasteiger partial charge in [-0.05, 0) is 36.1 Å². The molecular formula is C23H23NO3S. The Kier molecular flexibility index (Phi) is 4.56. The number of hydrogen-bond donors (Lipinski definition) is 1. The molecule has 3 aromatic rings. The molecule has 1 fully saturated rings. The maximum Gasteiger partial charge on any atom is 0.198 e. The fraction of sp³-hybridized carbons (Fsp3) is 0.348. The largest absolute Gasteiger partial charge is 0.393 e. The zero-order valence-corrected chi connectivity index (χ0v) is 16.6. The van der Waals surface area contributed by atoms with Crippen LogP contribution in [0.25, 0.3) is 10.4 Å². The SMILES string of the molecule is C[C@@H]1C[C@H](O)C[C@@]2(OCc3ccc(Cc4ncc(-c5ccccc5)s4)cc32)O1. The summed E-state index contributed by atoms with van der Waals surface area (Å²) in [5, 5.41) is 11.4. The van der Waals surface area contributed by atoms with E-state index in [-0.39, 0.29) is 6.10 Å². The standard InChI is InChI=1S/C23H23NO3S/c1-15-9-19(25)12-23(27-15)20-10-16(7-8-18(20)14-26-23)11-22-24-13-21(28-22)17-5-3-2-4-6-17/h2-8,10,13,15,19,25H,9,11-12,14H2,1H3/t15-,19+,23-/m1/s1. The second-order valence-corrected chi connectivity index (χ2v) is 8.83. The van der Waals surface area contributed by atoms with Gasteiger partial charge in [-0.3, -0.25) is 0 Å². The smallest absolute Gasteiger partial charge is 0.198 e. The van der Waals surface area contributed by atoms with Crippen molar-refractivity contribution in [1.82, 2.24) is 4.98 Å². The predicted octanol–water partition coefficient (Wildman–Crippen LogP) is 4.64. The van der Waals surface area contributed by atoms with E-state index in [0.717, 1.165) is 22.6 Å².